The molecule has 5 aromatic rings. The molecule has 0 aliphatic rings. The molecule has 0 amide bonds. The third-order valence-electron chi connectivity index (χ3n) is 5.36. The van der Waals surface area contributed by atoms with E-state index < -0.39 is 0 Å². The summed E-state index contributed by atoms with van der Waals surface area (Å²) >= 11 is 0. The predicted octanol–water partition coefficient (Wildman–Crippen LogP) is 5.25. The highest BCUT2D eigenvalue weighted by molar-refractivity contribution is 5.88. The van der Waals surface area contributed by atoms with Crippen LogP contribution in [-0.2, 0) is 6.54 Å². The fourth-order valence-electron chi connectivity index (χ4n) is 3.79. The maximum absolute atomic E-state index is 5.83. The molecule has 5 rings (SSSR count). The lowest BCUT2D eigenvalue weighted by Crippen LogP contribution is -2.00. The highest BCUT2D eigenvalue weighted by Crippen LogP contribution is 2.29. The van der Waals surface area contributed by atoms with Crippen LogP contribution >= 0.6 is 0 Å². The van der Waals surface area contributed by atoms with Crippen molar-refractivity contribution in [1.82, 2.24) is 14.3 Å². The van der Waals surface area contributed by atoms with Crippen molar-refractivity contribution in [2.45, 2.75) is 13.5 Å². The summed E-state index contributed by atoms with van der Waals surface area (Å²) in [4.78, 5) is 0. The molecular weight excluding hydrogens is 356 g/mol. The van der Waals surface area contributed by atoms with E-state index in [1.54, 1.807) is 0 Å². The zero-order valence-corrected chi connectivity index (χ0v) is 16.3. The standard InChI is InChI=1S/C25H22N4/c1-18-24-12-9-21(20-7-10-22(11-8-20)28-13-2-3-14-28)16-25(24)29(27-18)23-6-4-5-19(15-23)17-26/h2-16H,17,26H2,1H3. The Bertz CT molecular complexity index is 1280. The molecule has 2 N–H and O–H groups in total. The Balaban J connectivity index is 1.59. The van der Waals surface area contributed by atoms with Crippen molar-refractivity contribution in [2.24, 2.45) is 5.73 Å². The lowest BCUT2D eigenvalue weighted by atomic mass is 10.0. The van der Waals surface area contributed by atoms with Crippen LogP contribution in [0.5, 0.6) is 0 Å². The molecule has 0 bridgehead atoms. The van der Waals surface area contributed by atoms with Gasteiger partial charge in [0.25, 0.3) is 0 Å². The summed E-state index contributed by atoms with van der Waals surface area (Å²) in [5.41, 5.74) is 13.6. The number of nitrogens with two attached hydrogens (primary N) is 1. The van der Waals surface area contributed by atoms with E-state index in [1.807, 2.05) is 28.9 Å². The maximum Gasteiger partial charge on any atom is 0.0750 e. The Morgan fingerprint density at radius 1 is 0.793 bits per heavy atom. The minimum Gasteiger partial charge on any atom is -0.326 e. The van der Waals surface area contributed by atoms with Crippen molar-refractivity contribution in [3.8, 4) is 22.5 Å². The van der Waals surface area contributed by atoms with Gasteiger partial charge in [-0.25, -0.2) is 4.68 Å². The summed E-state index contributed by atoms with van der Waals surface area (Å²) in [6.45, 7) is 2.57. The van der Waals surface area contributed by atoms with Crippen LogP contribution in [0.15, 0.2) is 91.3 Å². The van der Waals surface area contributed by atoms with Gasteiger partial charge in [-0.05, 0) is 66.1 Å². The van der Waals surface area contributed by atoms with Gasteiger partial charge in [-0.2, -0.15) is 5.10 Å². The number of hydrogen-bond donors (Lipinski definition) is 1. The Labute approximate surface area is 169 Å². The van der Waals surface area contributed by atoms with E-state index in [0.717, 1.165) is 33.5 Å². The Kier molecular flexibility index (Phi) is 4.26. The topological polar surface area (TPSA) is 48.8 Å². The summed E-state index contributed by atoms with van der Waals surface area (Å²) in [5.74, 6) is 0. The van der Waals surface area contributed by atoms with Gasteiger partial charge in [0.15, 0.2) is 0 Å². The second-order valence-corrected chi connectivity index (χ2v) is 7.24. The molecule has 0 saturated carbocycles. The van der Waals surface area contributed by atoms with E-state index in [4.69, 9.17) is 10.8 Å². The van der Waals surface area contributed by atoms with E-state index in [9.17, 15) is 0 Å². The van der Waals surface area contributed by atoms with Gasteiger partial charge in [-0.15, -0.1) is 0 Å². The molecule has 0 saturated heterocycles. The average Bonchev–Trinajstić information content (AvgIpc) is 3.42. The van der Waals surface area contributed by atoms with E-state index in [1.165, 1.54) is 11.1 Å². The Hall–Kier alpha value is -3.63. The maximum atomic E-state index is 5.83. The van der Waals surface area contributed by atoms with Crippen LogP contribution in [0.2, 0.25) is 0 Å². The number of fused-ring (bicyclic) bond motifs is 1. The number of benzene rings is 3. The van der Waals surface area contributed by atoms with Gasteiger partial charge < -0.3 is 10.3 Å². The summed E-state index contributed by atoms with van der Waals surface area (Å²) in [5, 5.41) is 5.95. The molecule has 0 unspecified atom stereocenters. The predicted molar refractivity (Wildman–Crippen MR) is 118 cm³/mol. The van der Waals surface area contributed by atoms with Crippen LogP contribution in [0.4, 0.5) is 0 Å². The van der Waals surface area contributed by atoms with E-state index >= 15 is 0 Å². The van der Waals surface area contributed by atoms with E-state index in [0.29, 0.717) is 6.54 Å². The van der Waals surface area contributed by atoms with Gasteiger partial charge in [0, 0.05) is 30.0 Å². The quantitative estimate of drug-likeness (QED) is 0.464. The molecule has 0 radical (unpaired) electrons. The summed E-state index contributed by atoms with van der Waals surface area (Å²) < 4.78 is 4.12. The van der Waals surface area contributed by atoms with Gasteiger partial charge in [-0.1, -0.05) is 36.4 Å². The fraction of sp³-hybridized carbons (Fsp3) is 0.0800. The number of aromatic nitrogens is 3. The van der Waals surface area contributed by atoms with Crippen molar-refractivity contribution in [1.29, 1.82) is 0 Å². The number of rotatable bonds is 4. The molecule has 4 heteroatoms. The second kappa shape index (κ2) is 7.08. The molecule has 0 atom stereocenters. The van der Waals surface area contributed by atoms with E-state index in [-0.39, 0.29) is 0 Å². The SMILES string of the molecule is Cc1nn(-c2cccc(CN)c2)c2cc(-c3ccc(-n4cccc4)cc3)ccc12. The van der Waals surface area contributed by atoms with Gasteiger partial charge in [0.1, 0.15) is 0 Å². The van der Waals surface area contributed by atoms with E-state index in [2.05, 4.69) is 78.5 Å². The van der Waals surface area contributed by atoms with Crippen molar-refractivity contribution < 1.29 is 0 Å². The van der Waals surface area contributed by atoms with Gasteiger partial charge in [0.2, 0.25) is 0 Å². The van der Waals surface area contributed by atoms with Crippen molar-refractivity contribution in [3.63, 3.8) is 0 Å². The average molecular weight is 378 g/mol. The minimum atomic E-state index is 0.519. The molecule has 142 valence electrons. The molecule has 0 aliphatic heterocycles. The lowest BCUT2D eigenvalue weighted by Gasteiger charge is -2.08. The fourth-order valence-corrected chi connectivity index (χ4v) is 3.79. The van der Waals surface area contributed by atoms with Crippen LogP contribution in [0.25, 0.3) is 33.4 Å². The third kappa shape index (κ3) is 3.13. The number of hydrogen-bond acceptors (Lipinski definition) is 2. The van der Waals surface area contributed by atoms with Crippen LogP contribution in [-0.4, -0.2) is 14.3 Å². The van der Waals surface area contributed by atoms with Crippen LogP contribution in [0.1, 0.15) is 11.3 Å². The molecule has 4 nitrogen and oxygen atoms in total. The van der Waals surface area contributed by atoms with Gasteiger partial charge >= 0.3 is 0 Å². The van der Waals surface area contributed by atoms with Crippen molar-refractivity contribution >= 4 is 10.9 Å². The first-order valence-corrected chi connectivity index (χ1v) is 9.75. The van der Waals surface area contributed by atoms with Crippen molar-refractivity contribution in [3.05, 3.63) is 103 Å². The zero-order valence-electron chi connectivity index (χ0n) is 16.3. The summed E-state index contributed by atoms with van der Waals surface area (Å²) in [6, 6.07) is 27.5. The molecular formula is C25H22N4. The van der Waals surface area contributed by atoms with Gasteiger partial charge in [-0.3, -0.25) is 0 Å². The smallest absolute Gasteiger partial charge is 0.0750 e. The first-order valence-electron chi connectivity index (χ1n) is 9.75. The third-order valence-corrected chi connectivity index (χ3v) is 5.36. The normalized spacial score (nSPS) is 11.2. The molecule has 0 spiro atoms. The molecule has 0 aliphatic carbocycles. The molecule has 0 fully saturated rings. The first kappa shape index (κ1) is 17.5. The Morgan fingerprint density at radius 2 is 1.55 bits per heavy atom. The highest BCUT2D eigenvalue weighted by Gasteiger charge is 2.11. The zero-order chi connectivity index (χ0) is 19.8. The monoisotopic (exact) mass is 378 g/mol. The molecule has 3 aromatic carbocycles. The lowest BCUT2D eigenvalue weighted by molar-refractivity contribution is 0.885. The number of nitrogens with zero attached hydrogens (tertiary/aromatic N) is 3. The largest absolute Gasteiger partial charge is 0.326 e. The second-order valence-electron chi connectivity index (χ2n) is 7.24. The van der Waals surface area contributed by atoms with Crippen LogP contribution < -0.4 is 5.73 Å². The molecule has 29 heavy (non-hydrogen) atoms. The highest BCUT2D eigenvalue weighted by atomic mass is 15.3. The molecule has 2 heterocycles. The van der Waals surface area contributed by atoms with Gasteiger partial charge in [0.05, 0.1) is 16.9 Å². The first-order chi connectivity index (χ1) is 14.2. The Morgan fingerprint density at radius 3 is 2.31 bits per heavy atom. The van der Waals surface area contributed by atoms with Crippen molar-refractivity contribution in [2.75, 3.05) is 0 Å². The minimum absolute atomic E-state index is 0.519. The van der Waals surface area contributed by atoms with Crippen LogP contribution in [0, 0.1) is 6.92 Å². The summed E-state index contributed by atoms with van der Waals surface area (Å²) in [6.07, 6.45) is 4.11. The summed E-state index contributed by atoms with van der Waals surface area (Å²) in [7, 11) is 0. The van der Waals surface area contributed by atoms with Crippen LogP contribution in [0.3, 0.4) is 0 Å². The number of aryl methyl sites for hydroxylation is 1. The molecule has 2 aromatic heterocycles.